The Labute approximate surface area is 180 Å². The number of methoxy groups -OCH3 is 2. The first kappa shape index (κ1) is 22.1. The zero-order valence-corrected chi connectivity index (χ0v) is 18.4. The van der Waals surface area contributed by atoms with Crippen molar-refractivity contribution in [2.75, 3.05) is 19.5 Å². The van der Waals surface area contributed by atoms with E-state index in [4.69, 9.17) is 9.47 Å². The first-order valence-electron chi connectivity index (χ1n) is 10.0. The number of benzene rings is 1. The highest BCUT2D eigenvalue weighted by atomic mass is 16.5. The molecule has 31 heavy (non-hydrogen) atoms. The molecule has 1 amide bonds. The maximum Gasteiger partial charge on any atom is 0.255 e. The van der Waals surface area contributed by atoms with Crippen molar-refractivity contribution in [1.29, 1.82) is 0 Å². The van der Waals surface area contributed by atoms with Gasteiger partial charge in [-0.1, -0.05) is 13.3 Å². The Balaban J connectivity index is 1.96. The van der Waals surface area contributed by atoms with Gasteiger partial charge in [0.05, 0.1) is 25.6 Å². The summed E-state index contributed by atoms with van der Waals surface area (Å²) in [6, 6.07) is 8.44. The molecule has 0 radical (unpaired) electrons. The second-order valence-electron chi connectivity index (χ2n) is 7.18. The molecule has 0 unspecified atom stereocenters. The van der Waals surface area contributed by atoms with Crippen molar-refractivity contribution >= 4 is 11.6 Å². The van der Waals surface area contributed by atoms with Crippen LogP contribution in [-0.4, -0.2) is 39.5 Å². The molecule has 0 aliphatic carbocycles. The summed E-state index contributed by atoms with van der Waals surface area (Å²) in [5.41, 5.74) is 2.46. The van der Waals surface area contributed by atoms with Crippen LogP contribution in [0.3, 0.4) is 0 Å². The van der Waals surface area contributed by atoms with E-state index in [0.717, 1.165) is 17.8 Å². The third kappa shape index (κ3) is 4.93. The molecule has 1 aromatic carbocycles. The molecule has 0 aliphatic heterocycles. The smallest absolute Gasteiger partial charge is 0.255 e. The summed E-state index contributed by atoms with van der Waals surface area (Å²) in [4.78, 5) is 30.3. The first-order valence-corrected chi connectivity index (χ1v) is 10.0. The number of carbonyl (C=O) groups excluding carboxylic acids is 1. The molecule has 0 atom stereocenters. The summed E-state index contributed by atoms with van der Waals surface area (Å²) in [7, 11) is 3.06. The molecule has 164 valence electrons. The van der Waals surface area contributed by atoms with Crippen LogP contribution in [0.2, 0.25) is 0 Å². The van der Waals surface area contributed by atoms with E-state index < -0.39 is 5.91 Å². The predicted octanol–water partition coefficient (Wildman–Crippen LogP) is 2.65. The van der Waals surface area contributed by atoms with Crippen LogP contribution in [0.25, 0.3) is 5.95 Å². The van der Waals surface area contributed by atoms with Crippen LogP contribution in [0.1, 0.15) is 30.4 Å². The Morgan fingerprint density at radius 2 is 1.90 bits per heavy atom. The Morgan fingerprint density at radius 1 is 1.13 bits per heavy atom. The Kier molecular flexibility index (Phi) is 6.74. The van der Waals surface area contributed by atoms with E-state index in [1.165, 1.54) is 17.7 Å². The quantitative estimate of drug-likeness (QED) is 0.596. The summed E-state index contributed by atoms with van der Waals surface area (Å²) in [5, 5.41) is 7.24. The third-order valence-corrected chi connectivity index (χ3v) is 4.73. The highest BCUT2D eigenvalue weighted by Crippen LogP contribution is 2.29. The van der Waals surface area contributed by atoms with E-state index >= 15 is 0 Å². The molecular formula is C22H27N5O4. The average Bonchev–Trinajstić information content (AvgIpc) is 3.08. The monoisotopic (exact) mass is 425 g/mol. The fourth-order valence-corrected chi connectivity index (χ4v) is 3.30. The number of hydrogen-bond acceptors (Lipinski definition) is 6. The van der Waals surface area contributed by atoms with Crippen LogP contribution < -0.4 is 20.3 Å². The maximum absolute atomic E-state index is 12.9. The van der Waals surface area contributed by atoms with Crippen molar-refractivity contribution in [1.82, 2.24) is 19.3 Å². The fraction of sp³-hybridized carbons (Fsp3) is 0.364. The first-order chi connectivity index (χ1) is 14.9. The van der Waals surface area contributed by atoms with Gasteiger partial charge in [0.1, 0.15) is 18.0 Å². The van der Waals surface area contributed by atoms with Gasteiger partial charge in [-0.25, -0.2) is 9.67 Å². The molecule has 3 aromatic rings. The van der Waals surface area contributed by atoms with Gasteiger partial charge in [-0.3, -0.25) is 14.2 Å². The number of carbonyl (C=O) groups is 1. The molecule has 2 heterocycles. The molecule has 3 rings (SSSR count). The Morgan fingerprint density at radius 3 is 2.52 bits per heavy atom. The van der Waals surface area contributed by atoms with Crippen LogP contribution in [0.4, 0.5) is 5.69 Å². The number of nitrogens with zero attached hydrogens (tertiary/aromatic N) is 4. The maximum atomic E-state index is 12.9. The number of amides is 1. The third-order valence-electron chi connectivity index (χ3n) is 4.73. The lowest BCUT2D eigenvalue weighted by molar-refractivity contribution is -0.116. The van der Waals surface area contributed by atoms with Crippen molar-refractivity contribution in [3.05, 3.63) is 57.8 Å². The lowest BCUT2D eigenvalue weighted by Gasteiger charge is -2.15. The lowest BCUT2D eigenvalue weighted by Crippen LogP contribution is -2.32. The number of aryl methyl sites for hydroxylation is 3. The number of ether oxygens (including phenoxy) is 2. The van der Waals surface area contributed by atoms with E-state index in [2.05, 4.69) is 15.4 Å². The lowest BCUT2D eigenvalue weighted by atomic mass is 10.2. The summed E-state index contributed by atoms with van der Waals surface area (Å²) in [5.74, 6) is 0.987. The molecule has 2 aromatic heterocycles. The normalized spacial score (nSPS) is 10.7. The summed E-state index contributed by atoms with van der Waals surface area (Å²) in [6.07, 6.45) is 1.52. The molecule has 0 saturated heterocycles. The minimum absolute atomic E-state index is 0.221. The van der Waals surface area contributed by atoms with E-state index in [9.17, 15) is 9.59 Å². The number of rotatable bonds is 8. The minimum atomic E-state index is -0.390. The average molecular weight is 425 g/mol. The highest BCUT2D eigenvalue weighted by Gasteiger charge is 2.17. The van der Waals surface area contributed by atoms with Gasteiger partial charge in [-0.15, -0.1) is 0 Å². The highest BCUT2D eigenvalue weighted by molar-refractivity contribution is 5.92. The minimum Gasteiger partial charge on any atom is -0.497 e. The summed E-state index contributed by atoms with van der Waals surface area (Å²) < 4.78 is 13.4. The van der Waals surface area contributed by atoms with Crippen molar-refractivity contribution < 1.29 is 14.3 Å². The van der Waals surface area contributed by atoms with Crippen molar-refractivity contribution in [3.63, 3.8) is 0 Å². The van der Waals surface area contributed by atoms with E-state index in [0.29, 0.717) is 35.2 Å². The number of hydrogen-bond donors (Lipinski definition) is 1. The summed E-state index contributed by atoms with van der Waals surface area (Å²) in [6.45, 7) is 5.54. The van der Waals surface area contributed by atoms with Crippen molar-refractivity contribution in [2.24, 2.45) is 0 Å². The molecule has 9 heteroatoms. The standard InChI is InChI=1S/C22H27N5O4/c1-6-7-16-11-21(29)26(22(23-16)27-15(3)10-14(2)25-27)13-20(28)24-18-9-8-17(30-4)12-19(18)31-5/h8-12H,6-7,13H2,1-5H3,(H,24,28). The van der Waals surface area contributed by atoms with Gasteiger partial charge >= 0.3 is 0 Å². The zero-order chi connectivity index (χ0) is 22.5. The van der Waals surface area contributed by atoms with Crippen LogP contribution in [0, 0.1) is 13.8 Å². The van der Waals surface area contributed by atoms with Gasteiger partial charge in [-0.2, -0.15) is 5.10 Å². The second-order valence-corrected chi connectivity index (χ2v) is 7.18. The van der Waals surface area contributed by atoms with Crippen LogP contribution in [0.15, 0.2) is 35.1 Å². The van der Waals surface area contributed by atoms with Crippen LogP contribution in [-0.2, 0) is 17.8 Å². The molecule has 0 bridgehead atoms. The van der Waals surface area contributed by atoms with E-state index in [-0.39, 0.29) is 12.1 Å². The van der Waals surface area contributed by atoms with Crippen LogP contribution in [0.5, 0.6) is 11.5 Å². The zero-order valence-electron chi connectivity index (χ0n) is 18.4. The van der Waals surface area contributed by atoms with Crippen molar-refractivity contribution in [3.8, 4) is 17.4 Å². The Hall–Kier alpha value is -3.62. The fourth-order valence-electron chi connectivity index (χ4n) is 3.30. The van der Waals surface area contributed by atoms with Gasteiger partial charge in [-0.05, 0) is 38.5 Å². The number of anilines is 1. The molecular weight excluding hydrogens is 398 g/mol. The van der Waals surface area contributed by atoms with Gasteiger partial charge < -0.3 is 14.8 Å². The molecule has 0 fully saturated rings. The molecule has 0 spiro atoms. The molecule has 0 saturated carbocycles. The van der Waals surface area contributed by atoms with E-state index in [1.807, 2.05) is 26.8 Å². The molecule has 0 aliphatic rings. The van der Waals surface area contributed by atoms with Gasteiger partial charge in [0.2, 0.25) is 11.9 Å². The largest absolute Gasteiger partial charge is 0.497 e. The number of aromatic nitrogens is 4. The molecule has 1 N–H and O–H groups in total. The topological polar surface area (TPSA) is 100 Å². The Bertz CT molecular complexity index is 1150. The SMILES string of the molecule is CCCc1cc(=O)n(CC(=O)Nc2ccc(OC)cc2OC)c(-n2nc(C)cc2C)n1. The summed E-state index contributed by atoms with van der Waals surface area (Å²) >= 11 is 0. The van der Waals surface area contributed by atoms with Crippen molar-refractivity contribution in [2.45, 2.75) is 40.2 Å². The molecule has 9 nitrogen and oxygen atoms in total. The van der Waals surface area contributed by atoms with Gasteiger partial charge in [0, 0.05) is 23.5 Å². The van der Waals surface area contributed by atoms with Gasteiger partial charge in [0.15, 0.2) is 0 Å². The number of nitrogens with one attached hydrogen (secondary N) is 1. The van der Waals surface area contributed by atoms with Gasteiger partial charge in [0.25, 0.3) is 5.56 Å². The second kappa shape index (κ2) is 9.46. The predicted molar refractivity (Wildman–Crippen MR) is 117 cm³/mol. The van der Waals surface area contributed by atoms with Crippen LogP contribution >= 0.6 is 0 Å². The van der Waals surface area contributed by atoms with E-state index in [1.54, 1.807) is 30.0 Å².